The predicted molar refractivity (Wildman–Crippen MR) is 492 cm³/mol. The summed E-state index contributed by atoms with van der Waals surface area (Å²) in [6.45, 7) is 42.3. The largest absolute Gasteiger partial charge is 0.220 e. The van der Waals surface area contributed by atoms with Crippen LogP contribution < -0.4 is 39.0 Å². The number of pyridine rings is 4. The summed E-state index contributed by atoms with van der Waals surface area (Å²) < 4.78 is 9.22. The van der Waals surface area contributed by atoms with Gasteiger partial charge in [0, 0.05) is 24.3 Å². The molecule has 0 spiro atoms. The van der Waals surface area contributed by atoms with E-state index in [1.54, 1.807) is 20.7 Å². The van der Waals surface area contributed by atoms with E-state index in [-0.39, 0.29) is 0 Å². The number of aromatic nitrogens is 4. The summed E-state index contributed by atoms with van der Waals surface area (Å²) in [6.07, 6.45) is 24.6. The average Bonchev–Trinajstić information content (AvgIpc) is 1.32. The van der Waals surface area contributed by atoms with Crippen molar-refractivity contribution in [3.8, 4) is 45.0 Å². The number of hydrogen-bond donors (Lipinski definition) is 0. The van der Waals surface area contributed by atoms with Crippen molar-refractivity contribution in [1.82, 2.24) is 0 Å². The average molecular weight is 1540 g/mol. The molecule has 8 aromatic carbocycles. The van der Waals surface area contributed by atoms with E-state index >= 15 is 0 Å². The van der Waals surface area contributed by atoms with E-state index in [1.807, 2.05) is 0 Å². The Morgan fingerprint density at radius 2 is 0.505 bits per heavy atom. The third kappa shape index (κ3) is 16.5. The van der Waals surface area contributed by atoms with Crippen molar-refractivity contribution < 1.29 is 18.3 Å². The second-order valence-corrected chi connectivity index (χ2v) is 55.9. The highest BCUT2D eigenvalue weighted by atomic mass is 28.3. The molecule has 111 heavy (non-hydrogen) atoms. The number of nitrogens with zero attached hydrogens (tertiary/aromatic N) is 4. The first kappa shape index (κ1) is 81.3. The van der Waals surface area contributed by atoms with E-state index in [4.69, 9.17) is 0 Å². The van der Waals surface area contributed by atoms with Gasteiger partial charge < -0.3 is 0 Å². The molecule has 8 heterocycles. The Hall–Kier alpha value is -7.73. The predicted octanol–water partition coefficient (Wildman–Crippen LogP) is 23.4. The lowest BCUT2D eigenvalue weighted by Crippen LogP contribution is -2.50. The minimum Gasteiger partial charge on any atom is -0.200 e. The molecule has 4 fully saturated rings. The van der Waals surface area contributed by atoms with Gasteiger partial charge in [-0.1, -0.05) is 261 Å². The fourth-order valence-corrected chi connectivity index (χ4v) is 34.7. The summed E-state index contributed by atoms with van der Waals surface area (Å²) in [5.41, 5.74) is 28.4. The van der Waals surface area contributed by atoms with Crippen LogP contribution in [0.15, 0.2) is 170 Å². The van der Waals surface area contributed by atoms with Gasteiger partial charge in [-0.25, -0.2) is 18.3 Å². The molecular weight excluding hydrogens is 1410 g/mol. The van der Waals surface area contributed by atoms with Gasteiger partial charge in [0.1, 0.15) is 28.2 Å². The topological polar surface area (TPSA) is 15.5 Å². The molecule has 4 aliphatic rings. The molecule has 0 amide bonds. The first-order valence-corrected chi connectivity index (χ1v) is 54.7. The van der Waals surface area contributed by atoms with Crippen LogP contribution in [0.4, 0.5) is 0 Å². The van der Waals surface area contributed by atoms with Gasteiger partial charge in [0.15, 0.2) is 24.8 Å². The Balaban J connectivity index is 0.000000130. The van der Waals surface area contributed by atoms with Crippen LogP contribution in [0.2, 0.25) is 74.5 Å². The van der Waals surface area contributed by atoms with Gasteiger partial charge in [0.2, 0.25) is 22.8 Å². The van der Waals surface area contributed by atoms with Crippen molar-refractivity contribution in [2.24, 2.45) is 33.6 Å². The monoisotopic (exact) mass is 1540 g/mol. The smallest absolute Gasteiger partial charge is 0.200 e. The summed E-state index contributed by atoms with van der Waals surface area (Å²) >= 11 is 0. The summed E-state index contributed by atoms with van der Waals surface area (Å²) in [4.78, 5) is 0. The van der Waals surface area contributed by atoms with Gasteiger partial charge in [0.25, 0.3) is 0 Å². The molecule has 0 radical (unpaired) electrons. The highest BCUT2D eigenvalue weighted by Gasteiger charge is 2.40. The molecule has 0 unspecified atom stereocenters. The SMILES string of the molecule is CCc1cc(C)c(C)c(-c2c3ccc([Si]4(C)CCC(C)(C)CC4)cc3cc[n+]2C)c1.CCc1cc(C)c(C)c(-c2c3ccc([Si]4(C)CCC4)cc3cc[n+]2C)c1.CCc1cc(C)c(C)c(-c2c3ccc([Si]4(C)CCCC4)cc3cc[n+]2C)c1.CCc1cc(C)c(C)c(-c2c3ccc([Si]4(C)CCCCC4)cc3cc[n+]2C)c1. The van der Waals surface area contributed by atoms with Crippen molar-refractivity contribution in [3.63, 3.8) is 0 Å². The molecule has 4 aliphatic heterocycles. The number of hydrogen-bond acceptors (Lipinski definition) is 0. The minimum atomic E-state index is -1.37. The first-order chi connectivity index (χ1) is 52.9. The van der Waals surface area contributed by atoms with Crippen molar-refractivity contribution in [2.75, 3.05) is 0 Å². The van der Waals surface area contributed by atoms with Crippen LogP contribution >= 0.6 is 0 Å². The molecule has 16 rings (SSSR count). The molecule has 12 aromatic rings. The maximum atomic E-state index is 2.62. The van der Waals surface area contributed by atoms with Gasteiger partial charge >= 0.3 is 0 Å². The zero-order valence-corrected chi connectivity index (χ0v) is 76.6. The molecule has 4 aromatic heterocycles. The van der Waals surface area contributed by atoms with E-state index < -0.39 is 32.3 Å². The molecule has 0 aliphatic carbocycles. The minimum absolute atomic E-state index is 0.532. The fourth-order valence-electron chi connectivity index (χ4n) is 19.7. The van der Waals surface area contributed by atoms with Gasteiger partial charge in [0.05, 0.1) is 76.1 Å². The van der Waals surface area contributed by atoms with Crippen LogP contribution in [0.3, 0.4) is 0 Å². The van der Waals surface area contributed by atoms with Gasteiger partial charge in [-0.2, -0.15) is 0 Å². The highest BCUT2D eigenvalue weighted by molar-refractivity contribution is 6.93. The number of rotatable bonds is 12. The van der Waals surface area contributed by atoms with E-state index in [0.717, 1.165) is 25.7 Å². The molecule has 0 bridgehead atoms. The van der Waals surface area contributed by atoms with Crippen LogP contribution in [-0.4, -0.2) is 32.3 Å². The molecule has 578 valence electrons. The lowest BCUT2D eigenvalue weighted by atomic mass is 9.87. The van der Waals surface area contributed by atoms with E-state index in [0.29, 0.717) is 5.41 Å². The maximum absolute atomic E-state index is 2.62. The van der Waals surface area contributed by atoms with Gasteiger partial charge in [-0.15, -0.1) is 0 Å². The molecular formula is C103H134N4Si4+4. The summed E-state index contributed by atoms with van der Waals surface area (Å²) in [5, 5.41) is 17.8. The Bertz CT molecular complexity index is 5500. The number of aryl methyl sites for hydroxylation is 12. The molecule has 0 atom stereocenters. The van der Waals surface area contributed by atoms with Crippen LogP contribution in [0.5, 0.6) is 0 Å². The van der Waals surface area contributed by atoms with E-state index in [9.17, 15) is 0 Å². The Labute approximate surface area is 673 Å². The second-order valence-electron chi connectivity index (χ2n) is 37.1. The number of benzene rings is 8. The van der Waals surface area contributed by atoms with Crippen LogP contribution in [0.25, 0.3) is 88.1 Å². The molecule has 0 saturated carbocycles. The molecule has 4 nitrogen and oxygen atoms in total. The van der Waals surface area contributed by atoms with Crippen LogP contribution in [0.1, 0.15) is 160 Å². The summed E-state index contributed by atoms with van der Waals surface area (Å²) in [5.74, 6) is 0. The van der Waals surface area contributed by atoms with E-state index in [2.05, 4.69) is 340 Å². The molecule has 0 N–H and O–H groups in total. The third-order valence-electron chi connectivity index (χ3n) is 28.7. The van der Waals surface area contributed by atoms with Gasteiger partial charge in [-0.3, -0.25) is 0 Å². The Morgan fingerprint density at radius 3 is 0.730 bits per heavy atom. The standard InChI is InChI=1S/C28H38NSi.C26H34NSi.C25H32NSi.C24H30NSi/c1-8-22-17-20(2)21(3)26(18-22)27-25-10-9-24(19-23(25)11-14-29(27)6)30(7)15-12-28(4,5)13-16-30;1-6-21-16-19(2)20(3)25(17-21)26-24-11-10-23(18-22(24)12-13-27(26)4)28(5)14-8-7-9-15-28;1-6-20-15-18(2)19(3)24(16-20)25-23-10-9-22(27(5)13-7-8-14-27)17-21(23)11-12-26(25)4;1-6-19-14-17(2)18(3)23(15-19)24-22-9-8-21(26(5)12-7-13-26)16-20(22)10-11-25(24)4/h9-11,14,17-19H,8,12-13,15-16H2,1-7H3;10-13,16-18H,6-9,14-15H2,1-5H3;9-12,15-17H,6-8,13-14H2,1-5H3;8-11,14-16H,6-7,12-13H2,1-5H3/q4*+1. The van der Waals surface area contributed by atoms with Gasteiger partial charge in [-0.05, 0) is 223 Å². The summed E-state index contributed by atoms with van der Waals surface area (Å²) in [6, 6.07) is 69.4. The zero-order valence-electron chi connectivity index (χ0n) is 72.6. The lowest BCUT2D eigenvalue weighted by Gasteiger charge is -2.40. The lowest BCUT2D eigenvalue weighted by molar-refractivity contribution is -0.659. The Morgan fingerprint density at radius 1 is 0.279 bits per heavy atom. The number of fused-ring (bicyclic) bond motifs is 4. The Kier molecular flexibility index (Phi) is 24.2. The zero-order chi connectivity index (χ0) is 79.2. The van der Waals surface area contributed by atoms with E-state index in [1.165, 1.54) is 255 Å². The fraction of sp³-hybridized carbons (Fsp3) is 0.417. The summed E-state index contributed by atoms with van der Waals surface area (Å²) in [7, 11) is 3.72. The van der Waals surface area contributed by atoms with Crippen LogP contribution in [-0.2, 0) is 53.9 Å². The molecule has 4 saturated heterocycles. The van der Waals surface area contributed by atoms with Crippen molar-refractivity contribution >= 4 is 96.1 Å². The first-order valence-electron chi connectivity index (χ1n) is 43.1. The highest BCUT2D eigenvalue weighted by Crippen LogP contribution is 2.43. The normalized spacial score (nSPS) is 16.7. The quantitative estimate of drug-likeness (QED) is 0.0856. The third-order valence-corrected chi connectivity index (χ3v) is 47.0. The van der Waals surface area contributed by atoms with Crippen LogP contribution in [0, 0.1) is 60.8 Å². The maximum Gasteiger partial charge on any atom is 0.220 e. The van der Waals surface area contributed by atoms with Crippen molar-refractivity contribution in [1.29, 1.82) is 0 Å². The molecule has 8 heteroatoms. The second kappa shape index (κ2) is 33.0. The van der Waals surface area contributed by atoms with Crippen molar-refractivity contribution in [2.45, 2.75) is 249 Å². The van der Waals surface area contributed by atoms with Crippen molar-refractivity contribution in [3.05, 3.63) is 237 Å².